The van der Waals surface area contributed by atoms with Gasteiger partial charge in [-0.2, -0.15) is 0 Å². The Morgan fingerprint density at radius 2 is 2.04 bits per heavy atom. The second kappa shape index (κ2) is 12.6. The number of nitrogens with one attached hydrogen (secondary N) is 2. The first-order valence-electron chi connectivity index (χ1n) is 9.29. The predicted octanol–water partition coefficient (Wildman–Crippen LogP) is 4.00. The highest BCUT2D eigenvalue weighted by Crippen LogP contribution is 2.14. The summed E-state index contributed by atoms with van der Waals surface area (Å²) in [4.78, 5) is 8.90. The molecule has 0 amide bonds. The molecule has 1 aromatic carbocycles. The van der Waals surface area contributed by atoms with E-state index in [-0.39, 0.29) is 24.0 Å². The van der Waals surface area contributed by atoms with Gasteiger partial charge in [-0.05, 0) is 51.3 Å². The quantitative estimate of drug-likeness (QED) is 0.319. The number of nitrogens with zero attached hydrogens (tertiary/aromatic N) is 2. The van der Waals surface area contributed by atoms with Crippen LogP contribution < -0.4 is 15.4 Å². The lowest BCUT2D eigenvalue weighted by atomic mass is 10.1. The molecule has 0 aliphatic rings. The normalized spacial score (nSPS) is 11.0. The Balaban J connectivity index is 0.00000364. The molecule has 150 valence electrons. The lowest BCUT2D eigenvalue weighted by Gasteiger charge is -2.11. The van der Waals surface area contributed by atoms with Gasteiger partial charge >= 0.3 is 0 Å². The Hall–Kier alpha value is -1.77. The maximum atomic E-state index is 5.69. The predicted molar refractivity (Wildman–Crippen MR) is 120 cm³/mol. The van der Waals surface area contributed by atoms with Gasteiger partial charge in [0.15, 0.2) is 5.96 Å². The number of halogens is 1. The van der Waals surface area contributed by atoms with Crippen molar-refractivity contribution in [2.45, 2.75) is 47.1 Å². The number of rotatable bonds is 9. The summed E-state index contributed by atoms with van der Waals surface area (Å²) in [7, 11) is 0. The first-order valence-corrected chi connectivity index (χ1v) is 9.29. The van der Waals surface area contributed by atoms with Gasteiger partial charge in [-0.1, -0.05) is 19.1 Å². The van der Waals surface area contributed by atoms with Crippen molar-refractivity contribution in [3.8, 4) is 5.75 Å². The van der Waals surface area contributed by atoms with E-state index in [9.17, 15) is 0 Å². The molecule has 1 aromatic heterocycles. The molecule has 0 saturated heterocycles. The molecule has 0 unspecified atom stereocenters. The van der Waals surface area contributed by atoms with Crippen molar-refractivity contribution >= 4 is 29.9 Å². The Labute approximate surface area is 179 Å². The van der Waals surface area contributed by atoms with Crippen LogP contribution in [-0.2, 0) is 13.0 Å². The summed E-state index contributed by atoms with van der Waals surface area (Å²) in [5.74, 6) is 3.18. The number of aliphatic imine (C=N–C) groups is 1. The third-order valence-corrected chi connectivity index (χ3v) is 3.87. The maximum absolute atomic E-state index is 5.69. The van der Waals surface area contributed by atoms with Crippen LogP contribution in [0.4, 0.5) is 0 Å². The highest BCUT2D eigenvalue weighted by atomic mass is 127. The van der Waals surface area contributed by atoms with Gasteiger partial charge in [0.2, 0.25) is 5.89 Å². The van der Waals surface area contributed by atoms with E-state index < -0.39 is 0 Å². The number of oxazole rings is 1. The smallest absolute Gasteiger partial charge is 0.216 e. The van der Waals surface area contributed by atoms with Crippen molar-refractivity contribution in [2.24, 2.45) is 4.99 Å². The Morgan fingerprint density at radius 3 is 2.70 bits per heavy atom. The lowest BCUT2D eigenvalue weighted by molar-refractivity contribution is 0.317. The second-order valence-corrected chi connectivity index (χ2v) is 6.12. The second-order valence-electron chi connectivity index (χ2n) is 6.12. The highest BCUT2D eigenvalue weighted by molar-refractivity contribution is 14.0. The molecule has 2 N–H and O–H groups in total. The number of ether oxygens (including phenoxy) is 1. The molecule has 0 saturated carbocycles. The van der Waals surface area contributed by atoms with Gasteiger partial charge in [-0.15, -0.1) is 24.0 Å². The average Bonchev–Trinajstić information content (AvgIpc) is 2.96. The largest absolute Gasteiger partial charge is 0.494 e. The topological polar surface area (TPSA) is 71.7 Å². The first kappa shape index (κ1) is 23.3. The minimum atomic E-state index is 0. The van der Waals surface area contributed by atoms with E-state index >= 15 is 0 Å². The van der Waals surface area contributed by atoms with Crippen molar-refractivity contribution in [3.63, 3.8) is 0 Å². The van der Waals surface area contributed by atoms with E-state index in [0.717, 1.165) is 55.7 Å². The van der Waals surface area contributed by atoms with Crippen LogP contribution >= 0.6 is 24.0 Å². The van der Waals surface area contributed by atoms with Crippen LogP contribution in [-0.4, -0.2) is 30.6 Å². The molecule has 6 nitrogen and oxygen atoms in total. The highest BCUT2D eigenvalue weighted by Gasteiger charge is 2.05. The van der Waals surface area contributed by atoms with Gasteiger partial charge < -0.3 is 19.8 Å². The van der Waals surface area contributed by atoms with Crippen LogP contribution in [0.1, 0.15) is 43.2 Å². The molecule has 1 heterocycles. The number of hydrogen-bond acceptors (Lipinski definition) is 4. The van der Waals surface area contributed by atoms with Crippen LogP contribution in [0, 0.1) is 13.8 Å². The molecule has 0 bridgehead atoms. The lowest BCUT2D eigenvalue weighted by Crippen LogP contribution is -2.38. The molecule has 2 aromatic rings. The summed E-state index contributed by atoms with van der Waals surface area (Å²) in [6.07, 6.45) is 1.91. The summed E-state index contributed by atoms with van der Waals surface area (Å²) in [6, 6.07) is 8.24. The van der Waals surface area contributed by atoms with Gasteiger partial charge in [0.1, 0.15) is 18.1 Å². The Kier molecular flexibility index (Phi) is 10.8. The third-order valence-electron chi connectivity index (χ3n) is 3.87. The molecule has 0 fully saturated rings. The van der Waals surface area contributed by atoms with Gasteiger partial charge in [-0.3, -0.25) is 0 Å². The van der Waals surface area contributed by atoms with Gasteiger partial charge in [0.25, 0.3) is 0 Å². The summed E-state index contributed by atoms with van der Waals surface area (Å²) in [5, 5.41) is 6.60. The monoisotopic (exact) mass is 486 g/mol. The fraction of sp³-hybridized carbons (Fsp3) is 0.500. The number of benzene rings is 1. The summed E-state index contributed by atoms with van der Waals surface area (Å²) < 4.78 is 11.3. The van der Waals surface area contributed by atoms with Crippen molar-refractivity contribution in [3.05, 3.63) is 47.2 Å². The van der Waals surface area contributed by atoms with E-state index in [2.05, 4.69) is 39.7 Å². The van der Waals surface area contributed by atoms with Crippen LogP contribution in [0.5, 0.6) is 5.75 Å². The van der Waals surface area contributed by atoms with E-state index in [0.29, 0.717) is 12.4 Å². The number of hydrogen-bond donors (Lipinski definition) is 2. The molecule has 0 aliphatic carbocycles. The van der Waals surface area contributed by atoms with Gasteiger partial charge in [-0.25, -0.2) is 9.98 Å². The molecule has 2 rings (SSSR count). The SMILES string of the molecule is CCCOc1cccc(CCNC(=NCc2nc(C)c(C)o2)NCC)c1.I. The minimum Gasteiger partial charge on any atom is -0.494 e. The van der Waals surface area contributed by atoms with E-state index in [1.807, 2.05) is 32.9 Å². The molecular weight excluding hydrogens is 455 g/mol. The first-order chi connectivity index (χ1) is 12.6. The molecule has 7 heteroatoms. The Bertz CT molecular complexity index is 696. The fourth-order valence-electron chi connectivity index (χ4n) is 2.43. The number of aryl methyl sites for hydroxylation is 2. The van der Waals surface area contributed by atoms with Gasteiger partial charge in [0, 0.05) is 13.1 Å². The molecule has 0 atom stereocenters. The zero-order valence-corrected chi connectivity index (χ0v) is 19.0. The zero-order chi connectivity index (χ0) is 18.8. The fourth-order valence-corrected chi connectivity index (χ4v) is 2.43. The molecule has 0 radical (unpaired) electrons. The standard InChI is InChI=1S/C20H30N4O2.HI/c1-5-12-25-18-9-7-8-17(13-18)10-11-22-20(21-6-2)23-14-19-24-15(3)16(4)26-19;/h7-9,13H,5-6,10-12,14H2,1-4H3,(H2,21,22,23);1H. The maximum Gasteiger partial charge on any atom is 0.216 e. The molecule has 0 aliphatic heterocycles. The van der Waals surface area contributed by atoms with Crippen LogP contribution in [0.2, 0.25) is 0 Å². The van der Waals surface area contributed by atoms with E-state index in [4.69, 9.17) is 9.15 Å². The van der Waals surface area contributed by atoms with E-state index in [1.54, 1.807) is 0 Å². The minimum absolute atomic E-state index is 0. The van der Waals surface area contributed by atoms with Crippen molar-refractivity contribution in [1.82, 2.24) is 15.6 Å². The summed E-state index contributed by atoms with van der Waals surface area (Å²) >= 11 is 0. The summed E-state index contributed by atoms with van der Waals surface area (Å²) in [6.45, 7) is 10.8. The van der Waals surface area contributed by atoms with Crippen molar-refractivity contribution < 1.29 is 9.15 Å². The third kappa shape index (κ3) is 8.19. The summed E-state index contributed by atoms with van der Waals surface area (Å²) in [5.41, 5.74) is 2.15. The zero-order valence-electron chi connectivity index (χ0n) is 16.7. The average molecular weight is 486 g/mol. The van der Waals surface area contributed by atoms with Crippen molar-refractivity contribution in [1.29, 1.82) is 0 Å². The molecular formula is C20H31IN4O2. The van der Waals surface area contributed by atoms with Crippen molar-refractivity contribution in [2.75, 3.05) is 19.7 Å². The number of guanidine groups is 1. The van der Waals surface area contributed by atoms with Crippen LogP contribution in [0.25, 0.3) is 0 Å². The number of aromatic nitrogens is 1. The Morgan fingerprint density at radius 1 is 1.22 bits per heavy atom. The van der Waals surface area contributed by atoms with E-state index in [1.165, 1.54) is 5.56 Å². The molecule has 0 spiro atoms. The van der Waals surface area contributed by atoms with Crippen LogP contribution in [0.3, 0.4) is 0 Å². The molecule has 27 heavy (non-hydrogen) atoms. The van der Waals surface area contributed by atoms with Crippen LogP contribution in [0.15, 0.2) is 33.7 Å². The van der Waals surface area contributed by atoms with Gasteiger partial charge in [0.05, 0.1) is 12.3 Å².